The van der Waals surface area contributed by atoms with Gasteiger partial charge in [-0.2, -0.15) is 0 Å². The quantitative estimate of drug-likeness (QED) is 0.580. The number of fused-ring (bicyclic) bond motifs is 1. The Morgan fingerprint density at radius 1 is 1.25 bits per heavy atom. The summed E-state index contributed by atoms with van der Waals surface area (Å²) in [4.78, 5) is 4.62. The van der Waals surface area contributed by atoms with Gasteiger partial charge in [0.2, 0.25) is 0 Å². The molecule has 0 atom stereocenters. The van der Waals surface area contributed by atoms with E-state index in [4.69, 9.17) is 10.5 Å². The number of aromatic nitrogens is 1. The molecule has 0 aliphatic heterocycles. The molecule has 0 fully saturated rings. The normalized spacial score (nSPS) is 10.8. The Morgan fingerprint density at radius 2 is 2.10 bits per heavy atom. The maximum absolute atomic E-state index is 5.76. The molecule has 0 bridgehead atoms. The van der Waals surface area contributed by atoms with Gasteiger partial charge >= 0.3 is 0 Å². The number of ether oxygens (including phenoxy) is 1. The third-order valence-electron chi connectivity index (χ3n) is 2.94. The molecule has 3 aromatic rings. The molecule has 0 amide bonds. The van der Waals surface area contributed by atoms with Crippen molar-refractivity contribution < 1.29 is 4.74 Å². The van der Waals surface area contributed by atoms with Gasteiger partial charge in [0.15, 0.2) is 4.34 Å². The van der Waals surface area contributed by atoms with Gasteiger partial charge in [-0.1, -0.05) is 30.0 Å². The average Bonchev–Trinajstić information content (AvgIpc) is 2.88. The Hall–Kier alpha value is -1.72. The molecule has 0 saturated carbocycles. The number of para-hydroxylation sites is 1. The van der Waals surface area contributed by atoms with Crippen molar-refractivity contribution in [3.05, 3.63) is 48.0 Å². The summed E-state index contributed by atoms with van der Waals surface area (Å²) < 4.78 is 7.66. The predicted octanol–water partition coefficient (Wildman–Crippen LogP) is 4.18. The minimum Gasteiger partial charge on any atom is -0.496 e. The molecule has 0 aliphatic rings. The van der Waals surface area contributed by atoms with E-state index in [1.807, 2.05) is 36.4 Å². The monoisotopic (exact) mass is 302 g/mol. The van der Waals surface area contributed by atoms with Crippen LogP contribution in [0.5, 0.6) is 5.75 Å². The Balaban J connectivity index is 1.79. The van der Waals surface area contributed by atoms with Gasteiger partial charge in [-0.05, 0) is 18.2 Å². The standard InChI is InChI=1S/C15H14N2OS2/c1-18-13-8-11(16)7-6-10(13)9-19-15-17-12-4-2-3-5-14(12)20-15/h2-8H,9,16H2,1H3. The molecular weight excluding hydrogens is 288 g/mol. The lowest BCUT2D eigenvalue weighted by Gasteiger charge is -2.08. The number of hydrogen-bond acceptors (Lipinski definition) is 5. The molecule has 1 aromatic heterocycles. The maximum Gasteiger partial charge on any atom is 0.151 e. The second-order valence-corrected chi connectivity index (χ2v) is 6.56. The van der Waals surface area contributed by atoms with Gasteiger partial charge in [-0.25, -0.2) is 4.98 Å². The van der Waals surface area contributed by atoms with Crippen molar-refractivity contribution in [3.8, 4) is 5.75 Å². The molecule has 1 heterocycles. The molecule has 0 saturated heterocycles. The maximum atomic E-state index is 5.76. The van der Waals surface area contributed by atoms with Crippen LogP contribution < -0.4 is 10.5 Å². The molecule has 3 nitrogen and oxygen atoms in total. The number of nitrogens with two attached hydrogens (primary N) is 1. The number of nitrogen functional groups attached to an aromatic ring is 1. The van der Waals surface area contributed by atoms with E-state index >= 15 is 0 Å². The van der Waals surface area contributed by atoms with Gasteiger partial charge in [-0.15, -0.1) is 11.3 Å². The van der Waals surface area contributed by atoms with Crippen LogP contribution in [0.2, 0.25) is 0 Å². The highest BCUT2D eigenvalue weighted by atomic mass is 32.2. The molecule has 5 heteroatoms. The van der Waals surface area contributed by atoms with Crippen LogP contribution in [0.4, 0.5) is 5.69 Å². The number of rotatable bonds is 4. The molecule has 0 spiro atoms. The summed E-state index contributed by atoms with van der Waals surface area (Å²) in [6.45, 7) is 0. The van der Waals surface area contributed by atoms with Crippen molar-refractivity contribution in [2.45, 2.75) is 10.1 Å². The molecule has 3 rings (SSSR count). The third-order valence-corrected chi connectivity index (χ3v) is 5.16. The number of thioether (sulfide) groups is 1. The van der Waals surface area contributed by atoms with Crippen LogP contribution >= 0.6 is 23.1 Å². The fourth-order valence-corrected chi connectivity index (χ4v) is 3.99. The van der Waals surface area contributed by atoms with Crippen molar-refractivity contribution in [1.82, 2.24) is 4.98 Å². The summed E-state index contributed by atoms with van der Waals surface area (Å²) in [7, 11) is 1.67. The molecule has 102 valence electrons. The zero-order chi connectivity index (χ0) is 13.9. The number of benzene rings is 2. The van der Waals surface area contributed by atoms with Crippen LogP contribution in [0.25, 0.3) is 10.2 Å². The van der Waals surface area contributed by atoms with E-state index < -0.39 is 0 Å². The van der Waals surface area contributed by atoms with Crippen LogP contribution in [-0.2, 0) is 5.75 Å². The first kappa shape index (κ1) is 13.3. The highest BCUT2D eigenvalue weighted by molar-refractivity contribution is 8.00. The molecule has 20 heavy (non-hydrogen) atoms. The summed E-state index contributed by atoms with van der Waals surface area (Å²) in [5, 5.41) is 0. The van der Waals surface area contributed by atoms with E-state index in [-0.39, 0.29) is 0 Å². The highest BCUT2D eigenvalue weighted by Gasteiger charge is 2.07. The fraction of sp³-hybridized carbons (Fsp3) is 0.133. The Kier molecular flexibility index (Phi) is 3.80. The first-order valence-electron chi connectivity index (χ1n) is 6.17. The predicted molar refractivity (Wildman–Crippen MR) is 86.6 cm³/mol. The van der Waals surface area contributed by atoms with Gasteiger partial charge in [-0.3, -0.25) is 0 Å². The second-order valence-electron chi connectivity index (χ2n) is 4.31. The topological polar surface area (TPSA) is 48.1 Å². The van der Waals surface area contributed by atoms with Crippen molar-refractivity contribution >= 4 is 39.0 Å². The van der Waals surface area contributed by atoms with E-state index in [2.05, 4.69) is 11.1 Å². The van der Waals surface area contributed by atoms with Crippen molar-refractivity contribution in [1.29, 1.82) is 0 Å². The van der Waals surface area contributed by atoms with E-state index in [9.17, 15) is 0 Å². The lowest BCUT2D eigenvalue weighted by atomic mass is 10.2. The summed E-state index contributed by atoms with van der Waals surface area (Å²) in [5.74, 6) is 1.65. The lowest BCUT2D eigenvalue weighted by molar-refractivity contribution is 0.411. The average molecular weight is 302 g/mol. The number of hydrogen-bond donors (Lipinski definition) is 1. The van der Waals surface area contributed by atoms with E-state index in [1.165, 1.54) is 4.70 Å². The van der Waals surface area contributed by atoms with Crippen molar-refractivity contribution in [2.24, 2.45) is 0 Å². The van der Waals surface area contributed by atoms with Crippen molar-refractivity contribution in [3.63, 3.8) is 0 Å². The van der Waals surface area contributed by atoms with Gasteiger partial charge in [0.25, 0.3) is 0 Å². The van der Waals surface area contributed by atoms with E-state index in [0.717, 1.165) is 32.6 Å². The van der Waals surface area contributed by atoms with Gasteiger partial charge in [0.05, 0.1) is 17.3 Å². The second kappa shape index (κ2) is 5.73. The first-order valence-corrected chi connectivity index (χ1v) is 7.97. The zero-order valence-electron chi connectivity index (χ0n) is 11.0. The summed E-state index contributed by atoms with van der Waals surface area (Å²) >= 11 is 3.44. The largest absolute Gasteiger partial charge is 0.496 e. The van der Waals surface area contributed by atoms with Crippen LogP contribution in [0.1, 0.15) is 5.56 Å². The molecule has 0 radical (unpaired) electrons. The fourth-order valence-electron chi connectivity index (χ4n) is 1.93. The number of anilines is 1. The Labute approximate surface area is 125 Å². The van der Waals surface area contributed by atoms with Crippen molar-refractivity contribution in [2.75, 3.05) is 12.8 Å². The Morgan fingerprint density at radius 3 is 2.90 bits per heavy atom. The summed E-state index contributed by atoms with van der Waals surface area (Å²) in [6.07, 6.45) is 0. The SMILES string of the molecule is COc1cc(N)ccc1CSc1nc2ccccc2s1. The zero-order valence-corrected chi connectivity index (χ0v) is 12.6. The first-order chi connectivity index (χ1) is 9.76. The number of nitrogens with zero attached hydrogens (tertiary/aromatic N) is 1. The minimum absolute atomic E-state index is 0.718. The van der Waals surface area contributed by atoms with E-state index in [1.54, 1.807) is 30.2 Å². The lowest BCUT2D eigenvalue weighted by Crippen LogP contribution is -1.93. The Bertz CT molecular complexity index is 707. The molecular formula is C15H14N2OS2. The summed E-state index contributed by atoms with van der Waals surface area (Å²) in [6, 6.07) is 14.0. The van der Waals surface area contributed by atoms with Crippen LogP contribution in [0.3, 0.4) is 0 Å². The van der Waals surface area contributed by atoms with Crippen LogP contribution in [0.15, 0.2) is 46.8 Å². The molecule has 0 aliphatic carbocycles. The van der Waals surface area contributed by atoms with Crippen LogP contribution in [0, 0.1) is 0 Å². The summed E-state index contributed by atoms with van der Waals surface area (Å²) in [5.41, 5.74) is 8.67. The minimum atomic E-state index is 0.718. The smallest absolute Gasteiger partial charge is 0.151 e. The molecule has 0 unspecified atom stereocenters. The van der Waals surface area contributed by atoms with Crippen LogP contribution in [-0.4, -0.2) is 12.1 Å². The van der Waals surface area contributed by atoms with E-state index in [0.29, 0.717) is 0 Å². The number of methoxy groups -OCH3 is 1. The third kappa shape index (κ3) is 2.73. The van der Waals surface area contributed by atoms with Gasteiger partial charge in [0, 0.05) is 23.1 Å². The van der Waals surface area contributed by atoms with Gasteiger partial charge in [0.1, 0.15) is 5.75 Å². The molecule has 2 aromatic carbocycles. The number of thiazole rings is 1. The molecule has 2 N–H and O–H groups in total. The highest BCUT2D eigenvalue weighted by Crippen LogP contribution is 2.33. The van der Waals surface area contributed by atoms with Gasteiger partial charge < -0.3 is 10.5 Å².